The number of likely N-dealkylation sites (N-methyl/N-ethyl adjacent to an activating group) is 1. The van der Waals surface area contributed by atoms with Gasteiger partial charge in [0.2, 0.25) is 0 Å². The number of hydrogen-bond acceptors (Lipinski definition) is 5. The summed E-state index contributed by atoms with van der Waals surface area (Å²) in [4.78, 5) is 38.5. The second-order valence-electron chi connectivity index (χ2n) is 6.95. The lowest BCUT2D eigenvalue weighted by Gasteiger charge is -2.42. The molecule has 1 aliphatic heterocycles. The normalized spacial score (nSPS) is 29.2. The molecular formula is C16H27N3O5. The summed E-state index contributed by atoms with van der Waals surface area (Å²) in [6.07, 6.45) is 2.12. The number of amides is 2. The Hall–Kier alpha value is -1.83. The van der Waals surface area contributed by atoms with Crippen molar-refractivity contribution in [3.8, 4) is 0 Å². The second kappa shape index (κ2) is 7.38. The molecule has 1 heterocycles. The highest BCUT2D eigenvalue weighted by Crippen LogP contribution is 2.32. The van der Waals surface area contributed by atoms with E-state index in [1.165, 1.54) is 7.11 Å². The zero-order chi connectivity index (χ0) is 17.9. The van der Waals surface area contributed by atoms with Gasteiger partial charge in [-0.1, -0.05) is 6.92 Å². The molecule has 0 bridgehead atoms. The van der Waals surface area contributed by atoms with Crippen molar-refractivity contribution in [1.29, 1.82) is 0 Å². The number of carbonyl (C=O) groups excluding carboxylic acids is 2. The molecule has 2 fully saturated rings. The maximum Gasteiger partial charge on any atom is 0.317 e. The lowest BCUT2D eigenvalue weighted by Crippen LogP contribution is -2.56. The van der Waals surface area contributed by atoms with Crippen molar-refractivity contribution in [2.24, 2.45) is 5.41 Å². The van der Waals surface area contributed by atoms with E-state index >= 15 is 0 Å². The maximum atomic E-state index is 12.3. The number of ether oxygens (including phenoxy) is 1. The Bertz CT molecular complexity index is 506. The second-order valence-corrected chi connectivity index (χ2v) is 6.95. The predicted molar refractivity (Wildman–Crippen MR) is 86.5 cm³/mol. The Balaban J connectivity index is 1.77. The Morgan fingerprint density at radius 1 is 1.38 bits per heavy atom. The van der Waals surface area contributed by atoms with Crippen LogP contribution in [0.25, 0.3) is 0 Å². The average Bonchev–Trinajstić information content (AvgIpc) is 2.91. The molecule has 2 rings (SSSR count). The minimum absolute atomic E-state index is 0.0332. The maximum absolute atomic E-state index is 12.3. The van der Waals surface area contributed by atoms with Crippen LogP contribution in [0.3, 0.4) is 0 Å². The first-order valence-electron chi connectivity index (χ1n) is 8.38. The van der Waals surface area contributed by atoms with E-state index in [1.807, 2.05) is 18.7 Å². The number of aliphatic carboxylic acids is 1. The lowest BCUT2D eigenvalue weighted by atomic mass is 9.85. The van der Waals surface area contributed by atoms with Crippen molar-refractivity contribution < 1.29 is 24.2 Å². The van der Waals surface area contributed by atoms with Crippen LogP contribution in [-0.2, 0) is 14.3 Å². The SMILES string of the molecule is CCN(CC(=O)O)C1CC(NC(=O)N2CCC(C)(C(=O)OC)C2)C1. The number of urea groups is 1. The summed E-state index contributed by atoms with van der Waals surface area (Å²) in [7, 11) is 1.36. The van der Waals surface area contributed by atoms with Crippen molar-refractivity contribution in [3.05, 3.63) is 0 Å². The molecule has 1 saturated heterocycles. The molecule has 2 N–H and O–H groups in total. The van der Waals surface area contributed by atoms with Crippen molar-refractivity contribution in [2.45, 2.75) is 45.2 Å². The number of carbonyl (C=O) groups is 3. The third kappa shape index (κ3) is 3.98. The van der Waals surface area contributed by atoms with E-state index in [0.717, 1.165) is 12.8 Å². The summed E-state index contributed by atoms with van der Waals surface area (Å²) in [5.41, 5.74) is -0.630. The van der Waals surface area contributed by atoms with Gasteiger partial charge in [0.25, 0.3) is 0 Å². The highest BCUT2D eigenvalue weighted by atomic mass is 16.5. The third-order valence-corrected chi connectivity index (χ3v) is 5.14. The van der Waals surface area contributed by atoms with Gasteiger partial charge in [0, 0.05) is 25.2 Å². The van der Waals surface area contributed by atoms with Crippen molar-refractivity contribution in [2.75, 3.05) is 33.3 Å². The van der Waals surface area contributed by atoms with Crippen LogP contribution in [-0.4, -0.2) is 78.2 Å². The number of likely N-dealkylation sites (tertiary alicyclic amines) is 1. The first kappa shape index (κ1) is 18.5. The van der Waals surface area contributed by atoms with Gasteiger partial charge in [0.05, 0.1) is 19.1 Å². The number of nitrogens with one attached hydrogen (secondary N) is 1. The van der Waals surface area contributed by atoms with Crippen LogP contribution in [0.2, 0.25) is 0 Å². The Morgan fingerprint density at radius 2 is 2.04 bits per heavy atom. The molecule has 0 spiro atoms. The van der Waals surface area contributed by atoms with Gasteiger partial charge in [-0.25, -0.2) is 4.79 Å². The lowest BCUT2D eigenvalue weighted by molar-refractivity contribution is -0.150. The molecule has 2 aliphatic rings. The van der Waals surface area contributed by atoms with Crippen LogP contribution in [0, 0.1) is 5.41 Å². The van der Waals surface area contributed by atoms with Gasteiger partial charge in [0.1, 0.15) is 0 Å². The van der Waals surface area contributed by atoms with Gasteiger partial charge in [0.15, 0.2) is 0 Å². The van der Waals surface area contributed by atoms with Crippen LogP contribution in [0.1, 0.15) is 33.1 Å². The molecule has 0 aromatic heterocycles. The summed E-state index contributed by atoms with van der Waals surface area (Å²) in [6.45, 7) is 5.37. The largest absolute Gasteiger partial charge is 0.480 e. The first-order valence-corrected chi connectivity index (χ1v) is 8.38. The number of nitrogens with zero attached hydrogens (tertiary/aromatic N) is 2. The van der Waals surface area contributed by atoms with E-state index in [1.54, 1.807) is 4.90 Å². The summed E-state index contributed by atoms with van der Waals surface area (Å²) in [6, 6.07) is 0.109. The van der Waals surface area contributed by atoms with E-state index in [-0.39, 0.29) is 30.6 Å². The third-order valence-electron chi connectivity index (χ3n) is 5.14. The zero-order valence-corrected chi connectivity index (χ0v) is 14.6. The standard InChI is InChI=1S/C16H27N3O5/c1-4-18(9-13(20)21)12-7-11(8-12)17-15(23)19-6-5-16(2,10-19)14(22)24-3/h11-12H,4-10H2,1-3H3,(H,17,23)(H,20,21). The van der Waals surface area contributed by atoms with Crippen LogP contribution < -0.4 is 5.32 Å². The van der Waals surface area contributed by atoms with Gasteiger partial charge in [-0.2, -0.15) is 0 Å². The smallest absolute Gasteiger partial charge is 0.317 e. The van der Waals surface area contributed by atoms with Crippen molar-refractivity contribution in [3.63, 3.8) is 0 Å². The van der Waals surface area contributed by atoms with Gasteiger partial charge in [-0.05, 0) is 32.7 Å². The summed E-state index contributed by atoms with van der Waals surface area (Å²) < 4.78 is 4.81. The average molecular weight is 341 g/mol. The van der Waals surface area contributed by atoms with Gasteiger partial charge >= 0.3 is 18.0 Å². The fraction of sp³-hybridized carbons (Fsp3) is 0.812. The molecule has 1 atom stereocenters. The molecule has 8 heteroatoms. The number of hydrogen-bond donors (Lipinski definition) is 2. The minimum atomic E-state index is -0.830. The van der Waals surface area contributed by atoms with E-state index in [9.17, 15) is 14.4 Å². The number of rotatable bonds is 6. The zero-order valence-electron chi connectivity index (χ0n) is 14.6. The van der Waals surface area contributed by atoms with E-state index in [4.69, 9.17) is 9.84 Å². The molecule has 136 valence electrons. The summed E-state index contributed by atoms with van der Waals surface area (Å²) in [5, 5.41) is 11.9. The molecule has 0 aromatic rings. The molecule has 1 unspecified atom stereocenters. The van der Waals surface area contributed by atoms with Crippen LogP contribution in [0.4, 0.5) is 4.79 Å². The van der Waals surface area contributed by atoms with E-state index in [0.29, 0.717) is 26.1 Å². The molecular weight excluding hydrogens is 314 g/mol. The monoisotopic (exact) mass is 341 g/mol. The Morgan fingerprint density at radius 3 is 2.58 bits per heavy atom. The van der Waals surface area contributed by atoms with Crippen LogP contribution in [0.5, 0.6) is 0 Å². The Labute approximate surface area is 142 Å². The first-order chi connectivity index (χ1) is 11.3. The summed E-state index contributed by atoms with van der Waals surface area (Å²) in [5.74, 6) is -1.11. The van der Waals surface area contributed by atoms with Crippen LogP contribution in [0.15, 0.2) is 0 Å². The van der Waals surface area contributed by atoms with Crippen LogP contribution >= 0.6 is 0 Å². The van der Waals surface area contributed by atoms with Gasteiger partial charge < -0.3 is 20.1 Å². The fourth-order valence-electron chi connectivity index (χ4n) is 3.49. The quantitative estimate of drug-likeness (QED) is 0.683. The fourth-order valence-corrected chi connectivity index (χ4v) is 3.49. The molecule has 8 nitrogen and oxygen atoms in total. The van der Waals surface area contributed by atoms with Crippen molar-refractivity contribution >= 4 is 18.0 Å². The molecule has 1 saturated carbocycles. The molecule has 0 aromatic carbocycles. The summed E-state index contributed by atoms with van der Waals surface area (Å²) >= 11 is 0. The van der Waals surface area contributed by atoms with Gasteiger partial charge in [-0.3, -0.25) is 14.5 Å². The highest BCUT2D eigenvalue weighted by molar-refractivity contribution is 5.80. The highest BCUT2D eigenvalue weighted by Gasteiger charge is 2.44. The predicted octanol–water partition coefficient (Wildman–Crippen LogP) is 0.519. The van der Waals surface area contributed by atoms with E-state index in [2.05, 4.69) is 5.32 Å². The van der Waals surface area contributed by atoms with Crippen molar-refractivity contribution in [1.82, 2.24) is 15.1 Å². The number of carboxylic acids is 1. The molecule has 2 amide bonds. The minimum Gasteiger partial charge on any atom is -0.480 e. The van der Waals surface area contributed by atoms with Gasteiger partial charge in [-0.15, -0.1) is 0 Å². The molecule has 1 aliphatic carbocycles. The molecule has 24 heavy (non-hydrogen) atoms. The number of esters is 1. The Kier molecular flexibility index (Phi) is 5.69. The number of carboxylic acid groups (broad SMARTS) is 1. The van der Waals surface area contributed by atoms with E-state index < -0.39 is 11.4 Å². The number of methoxy groups -OCH3 is 1. The molecule has 0 radical (unpaired) electrons. The topological polar surface area (TPSA) is 99.2 Å².